The zero-order valence-corrected chi connectivity index (χ0v) is 12.4. The van der Waals surface area contributed by atoms with E-state index in [1.165, 1.54) is 37.7 Å². The van der Waals surface area contributed by atoms with Crippen molar-refractivity contribution >= 4 is 13.1 Å². The molecular formula is C17H24BNO. The van der Waals surface area contributed by atoms with E-state index in [-0.39, 0.29) is 0 Å². The molecule has 0 unspecified atom stereocenters. The average molecular weight is 269 g/mol. The molecule has 1 saturated heterocycles. The first-order chi connectivity index (χ1) is 9.68. The summed E-state index contributed by atoms with van der Waals surface area (Å²) in [7, 11) is 3.98. The number of allylic oxidation sites excluding steroid dienone is 5. The first kappa shape index (κ1) is 14.9. The summed E-state index contributed by atoms with van der Waals surface area (Å²) < 4.78 is 5.36. The van der Waals surface area contributed by atoms with Crippen molar-refractivity contribution in [3.63, 3.8) is 0 Å². The Balaban J connectivity index is 1.62. The molecule has 2 rings (SSSR count). The fraction of sp³-hybridized carbons (Fsp3) is 0.471. The molecule has 0 aromatic heterocycles. The molecule has 0 radical (unpaired) electrons. The van der Waals surface area contributed by atoms with Crippen LogP contribution in [-0.2, 0) is 4.74 Å². The molecule has 0 aromatic rings. The zero-order valence-electron chi connectivity index (χ0n) is 12.4. The normalized spacial score (nSPS) is 18.1. The van der Waals surface area contributed by atoms with Crippen LogP contribution in [0.2, 0.25) is 0 Å². The molecule has 1 aliphatic carbocycles. The summed E-state index contributed by atoms with van der Waals surface area (Å²) in [6.07, 6.45) is 15.2. The van der Waals surface area contributed by atoms with E-state index in [0.29, 0.717) is 12.5 Å². The second-order valence-electron chi connectivity index (χ2n) is 5.47. The Kier molecular flexibility index (Phi) is 5.45. The quantitative estimate of drug-likeness (QED) is 0.517. The molecule has 1 fully saturated rings. The second-order valence-corrected chi connectivity index (χ2v) is 5.47. The van der Waals surface area contributed by atoms with Gasteiger partial charge in [0.05, 0.1) is 0 Å². The minimum atomic E-state index is 0.540. The van der Waals surface area contributed by atoms with E-state index >= 15 is 0 Å². The maximum atomic E-state index is 5.36. The van der Waals surface area contributed by atoms with Crippen LogP contribution in [0.1, 0.15) is 44.9 Å². The van der Waals surface area contributed by atoms with E-state index in [2.05, 4.69) is 38.9 Å². The average Bonchev–Trinajstić information content (AvgIpc) is 2.79. The van der Waals surface area contributed by atoms with Gasteiger partial charge in [-0.05, 0) is 0 Å². The topological polar surface area (TPSA) is 12.5 Å². The first-order valence-corrected chi connectivity index (χ1v) is 7.51. The second kappa shape index (κ2) is 7.32. The molecule has 0 N–H and O–H groups in total. The maximum absolute atomic E-state index is 5.36. The van der Waals surface area contributed by atoms with Crippen molar-refractivity contribution in [1.29, 1.82) is 0 Å². The molecule has 0 saturated carbocycles. The number of hydrogen-bond donors (Lipinski definition) is 0. The molecule has 2 aliphatic rings. The van der Waals surface area contributed by atoms with Gasteiger partial charge in [-0.3, -0.25) is 0 Å². The van der Waals surface area contributed by atoms with Crippen molar-refractivity contribution in [2.75, 3.05) is 6.61 Å². The monoisotopic (exact) mass is 269 g/mol. The Morgan fingerprint density at radius 3 is 2.80 bits per heavy atom. The minimum absolute atomic E-state index is 0.540. The number of rotatable bonds is 7. The van der Waals surface area contributed by atoms with Crippen molar-refractivity contribution in [1.82, 2.24) is 4.90 Å². The van der Waals surface area contributed by atoms with Gasteiger partial charge in [-0.25, -0.2) is 0 Å². The first-order valence-electron chi connectivity index (χ1n) is 7.51. The zero-order chi connectivity index (χ0) is 14.4. The number of hydrogen-bond acceptors (Lipinski definition) is 2. The molecule has 0 amide bonds. The van der Waals surface area contributed by atoms with E-state index in [9.17, 15) is 0 Å². The Bertz CT molecular complexity index is 446. The number of ether oxygens (including phenoxy) is 1. The summed E-state index contributed by atoms with van der Waals surface area (Å²) in [6, 6.07) is 0. The standard InChI is InChI=1S/C17H24BNO/c1-14(19-15(2)20-13-17(19)18)9-5-3-6-10-16-11-7-4-8-12-16/h7,11-12,18H,1-6,8-10,13H2. The van der Waals surface area contributed by atoms with Gasteiger partial charge in [0, 0.05) is 0 Å². The fourth-order valence-electron chi connectivity index (χ4n) is 2.67. The molecule has 1 heterocycles. The predicted molar refractivity (Wildman–Crippen MR) is 87.8 cm³/mol. The molecule has 2 nitrogen and oxygen atoms in total. The molecule has 0 atom stereocenters. The van der Waals surface area contributed by atoms with E-state index in [1.807, 2.05) is 4.90 Å². The Hall–Kier alpha value is -1.51. The van der Waals surface area contributed by atoms with Crippen LogP contribution < -0.4 is 0 Å². The third kappa shape index (κ3) is 3.99. The van der Waals surface area contributed by atoms with Gasteiger partial charge >= 0.3 is 123 Å². The number of nitrogens with zero attached hydrogens (tertiary/aromatic N) is 1. The predicted octanol–water partition coefficient (Wildman–Crippen LogP) is 3.56. The summed E-state index contributed by atoms with van der Waals surface area (Å²) in [4.78, 5) is 1.95. The Labute approximate surface area is 123 Å². The van der Waals surface area contributed by atoms with Gasteiger partial charge < -0.3 is 0 Å². The van der Waals surface area contributed by atoms with Gasteiger partial charge in [0.2, 0.25) is 0 Å². The molecule has 20 heavy (non-hydrogen) atoms. The molecule has 3 heteroatoms. The van der Waals surface area contributed by atoms with Crippen LogP contribution in [0.4, 0.5) is 0 Å². The van der Waals surface area contributed by atoms with Crippen molar-refractivity contribution < 1.29 is 4.74 Å². The van der Waals surface area contributed by atoms with E-state index < -0.39 is 0 Å². The van der Waals surface area contributed by atoms with Crippen molar-refractivity contribution in [3.8, 4) is 0 Å². The van der Waals surface area contributed by atoms with Crippen molar-refractivity contribution in [2.24, 2.45) is 0 Å². The van der Waals surface area contributed by atoms with Crippen LogP contribution in [0, 0.1) is 0 Å². The van der Waals surface area contributed by atoms with Crippen LogP contribution >= 0.6 is 0 Å². The van der Waals surface area contributed by atoms with Gasteiger partial charge in [0.25, 0.3) is 0 Å². The van der Waals surface area contributed by atoms with Crippen molar-refractivity contribution in [3.05, 3.63) is 48.5 Å². The van der Waals surface area contributed by atoms with Crippen molar-refractivity contribution in [2.45, 2.75) is 44.9 Å². The van der Waals surface area contributed by atoms with Gasteiger partial charge in [0.1, 0.15) is 0 Å². The van der Waals surface area contributed by atoms with Crippen LogP contribution in [0.25, 0.3) is 0 Å². The third-order valence-electron chi connectivity index (χ3n) is 3.79. The Morgan fingerprint density at radius 1 is 1.30 bits per heavy atom. The van der Waals surface area contributed by atoms with Crippen LogP contribution in [-0.4, -0.2) is 24.6 Å². The SMILES string of the molecule is B=C1COC(=C)N1C(=C)CCCCCC1=CCCC=C1. The van der Waals surface area contributed by atoms with Crippen LogP contribution in [0.15, 0.2) is 48.5 Å². The van der Waals surface area contributed by atoms with Gasteiger partial charge in [0.15, 0.2) is 0 Å². The summed E-state index contributed by atoms with van der Waals surface area (Å²) in [6.45, 7) is 8.55. The van der Waals surface area contributed by atoms with E-state index in [1.54, 1.807) is 0 Å². The Morgan fingerprint density at radius 2 is 2.15 bits per heavy atom. The van der Waals surface area contributed by atoms with Gasteiger partial charge in [-0.15, -0.1) is 0 Å². The van der Waals surface area contributed by atoms with E-state index in [0.717, 1.165) is 24.1 Å². The molecule has 0 bridgehead atoms. The molecule has 0 aromatic carbocycles. The van der Waals surface area contributed by atoms with Crippen LogP contribution in [0.5, 0.6) is 0 Å². The summed E-state index contributed by atoms with van der Waals surface area (Å²) >= 11 is 0. The molecule has 106 valence electrons. The molecule has 0 spiro atoms. The van der Waals surface area contributed by atoms with Gasteiger partial charge in [-0.2, -0.15) is 0 Å². The van der Waals surface area contributed by atoms with Crippen LogP contribution in [0.3, 0.4) is 0 Å². The van der Waals surface area contributed by atoms with Gasteiger partial charge in [-0.1, -0.05) is 0 Å². The molecular weight excluding hydrogens is 245 g/mol. The number of unbranched alkanes of at least 4 members (excludes halogenated alkanes) is 2. The molecule has 1 aliphatic heterocycles. The summed E-state index contributed by atoms with van der Waals surface area (Å²) in [5.74, 6) is 0.664. The summed E-state index contributed by atoms with van der Waals surface area (Å²) in [5.41, 5.74) is 3.50. The summed E-state index contributed by atoms with van der Waals surface area (Å²) in [5, 5.41) is 0. The fourth-order valence-corrected chi connectivity index (χ4v) is 2.67. The third-order valence-corrected chi connectivity index (χ3v) is 3.79. The van der Waals surface area contributed by atoms with E-state index in [4.69, 9.17) is 4.74 Å².